The molecular weight excluding hydrogens is 326 g/mol. The third-order valence-electron chi connectivity index (χ3n) is 5.96. The Morgan fingerprint density at radius 1 is 1.12 bits per heavy atom. The Bertz CT molecular complexity index is 416. The highest BCUT2D eigenvalue weighted by molar-refractivity contribution is 5.00. The molecule has 0 aliphatic carbocycles. The van der Waals surface area contributed by atoms with E-state index in [4.69, 9.17) is 14.6 Å². The average molecular weight is 359 g/mol. The first-order valence-electron chi connectivity index (χ1n) is 9.77. The van der Waals surface area contributed by atoms with Gasteiger partial charge < -0.3 is 35.2 Å². The van der Waals surface area contributed by atoms with Crippen LogP contribution in [-0.4, -0.2) is 75.9 Å². The van der Waals surface area contributed by atoms with Gasteiger partial charge in [-0.2, -0.15) is 0 Å². The molecule has 3 fully saturated rings. The number of aliphatic hydroxyl groups excluding tert-OH is 4. The van der Waals surface area contributed by atoms with Gasteiger partial charge in [-0.15, -0.1) is 0 Å². The molecule has 146 valence electrons. The predicted molar refractivity (Wildman–Crippen MR) is 90.9 cm³/mol. The Hall–Kier alpha value is -0.280. The second-order valence-electron chi connectivity index (χ2n) is 7.81. The van der Waals surface area contributed by atoms with Gasteiger partial charge in [0.2, 0.25) is 0 Å². The minimum atomic E-state index is -1.05. The van der Waals surface area contributed by atoms with Crippen LogP contribution in [0.3, 0.4) is 0 Å². The highest BCUT2D eigenvalue weighted by Crippen LogP contribution is 2.38. The van der Waals surface area contributed by atoms with E-state index in [2.05, 4.69) is 5.32 Å². The zero-order valence-corrected chi connectivity index (χ0v) is 14.8. The SMILES string of the molecule is OC[C@H]1N[C@H]([C@H](O)CCCC[C@@H]2CCC[C@]3(CCCO3)O2)[C@@H](O)[C@@H]1O. The van der Waals surface area contributed by atoms with Crippen LogP contribution in [0.1, 0.15) is 57.8 Å². The smallest absolute Gasteiger partial charge is 0.168 e. The van der Waals surface area contributed by atoms with Crippen molar-refractivity contribution >= 4 is 0 Å². The molecule has 0 aromatic carbocycles. The van der Waals surface area contributed by atoms with Crippen LogP contribution >= 0.6 is 0 Å². The van der Waals surface area contributed by atoms with Crippen LogP contribution in [0.5, 0.6) is 0 Å². The summed E-state index contributed by atoms with van der Waals surface area (Å²) in [6.45, 7) is 0.542. The molecule has 3 aliphatic heterocycles. The van der Waals surface area contributed by atoms with Gasteiger partial charge in [0.05, 0.1) is 49.7 Å². The number of nitrogens with one attached hydrogen (secondary N) is 1. The first-order chi connectivity index (χ1) is 12.0. The maximum Gasteiger partial charge on any atom is 0.168 e. The van der Waals surface area contributed by atoms with Gasteiger partial charge in [-0.25, -0.2) is 0 Å². The number of unbranched alkanes of at least 4 members (excludes halogenated alkanes) is 1. The molecule has 0 radical (unpaired) electrons. The molecule has 3 aliphatic rings. The predicted octanol–water partition coefficient (Wildman–Crippen LogP) is 0.0380. The molecule has 0 amide bonds. The third kappa shape index (κ3) is 4.53. The van der Waals surface area contributed by atoms with E-state index in [9.17, 15) is 15.3 Å². The minimum absolute atomic E-state index is 0.236. The molecule has 5 N–H and O–H groups in total. The van der Waals surface area contributed by atoms with E-state index >= 15 is 0 Å². The summed E-state index contributed by atoms with van der Waals surface area (Å²) in [5.74, 6) is -0.324. The van der Waals surface area contributed by atoms with Gasteiger partial charge in [0.25, 0.3) is 0 Å². The molecule has 0 aromatic heterocycles. The van der Waals surface area contributed by atoms with Crippen molar-refractivity contribution < 1.29 is 29.9 Å². The molecule has 3 saturated heterocycles. The lowest BCUT2D eigenvalue weighted by Crippen LogP contribution is -2.44. The molecule has 3 heterocycles. The monoisotopic (exact) mass is 359 g/mol. The Morgan fingerprint density at radius 3 is 2.60 bits per heavy atom. The van der Waals surface area contributed by atoms with Crippen LogP contribution < -0.4 is 5.32 Å². The molecule has 0 bridgehead atoms. The largest absolute Gasteiger partial charge is 0.395 e. The summed E-state index contributed by atoms with van der Waals surface area (Å²) in [5, 5.41) is 42.2. The standard InChI is InChI=1S/C18H33NO6/c20-11-13-16(22)17(23)15(19-13)14(21)7-2-1-5-12-6-3-8-18(25-12)9-4-10-24-18/h12-17,19-23H,1-11H2/t12-,13-,14-,15-,16-,17-,18-/m1/s1. The molecule has 0 aromatic rings. The first kappa shape index (κ1) is 19.5. The minimum Gasteiger partial charge on any atom is -0.395 e. The molecule has 7 heteroatoms. The van der Waals surface area contributed by atoms with Gasteiger partial charge in [-0.3, -0.25) is 0 Å². The van der Waals surface area contributed by atoms with Crippen LogP contribution in [0.4, 0.5) is 0 Å². The Morgan fingerprint density at radius 2 is 1.92 bits per heavy atom. The molecule has 3 rings (SSSR count). The van der Waals surface area contributed by atoms with Crippen molar-refractivity contribution in [2.24, 2.45) is 0 Å². The van der Waals surface area contributed by atoms with Gasteiger partial charge in [0.1, 0.15) is 0 Å². The lowest BCUT2D eigenvalue weighted by atomic mass is 9.95. The van der Waals surface area contributed by atoms with Gasteiger partial charge in [0.15, 0.2) is 5.79 Å². The summed E-state index contributed by atoms with van der Waals surface area (Å²) >= 11 is 0. The van der Waals surface area contributed by atoms with E-state index in [-0.39, 0.29) is 18.5 Å². The molecule has 7 nitrogen and oxygen atoms in total. The topological polar surface area (TPSA) is 111 Å². The number of aliphatic hydroxyl groups is 4. The maximum absolute atomic E-state index is 10.3. The van der Waals surface area contributed by atoms with Crippen molar-refractivity contribution in [1.29, 1.82) is 0 Å². The van der Waals surface area contributed by atoms with Crippen molar-refractivity contribution in [3.05, 3.63) is 0 Å². The Labute approximate surface area is 149 Å². The van der Waals surface area contributed by atoms with Crippen molar-refractivity contribution in [1.82, 2.24) is 5.32 Å². The third-order valence-corrected chi connectivity index (χ3v) is 5.96. The van der Waals surface area contributed by atoms with Gasteiger partial charge in [0, 0.05) is 12.8 Å². The molecule has 1 spiro atoms. The molecule has 7 atom stereocenters. The highest BCUT2D eigenvalue weighted by atomic mass is 16.7. The number of rotatable bonds is 7. The molecule has 0 unspecified atom stereocenters. The number of ether oxygens (including phenoxy) is 2. The zero-order valence-electron chi connectivity index (χ0n) is 14.8. The quantitative estimate of drug-likeness (QED) is 0.408. The van der Waals surface area contributed by atoms with E-state index in [0.29, 0.717) is 6.42 Å². The van der Waals surface area contributed by atoms with E-state index < -0.39 is 30.4 Å². The lowest BCUT2D eigenvalue weighted by Gasteiger charge is -2.37. The second kappa shape index (κ2) is 8.61. The van der Waals surface area contributed by atoms with Crippen LogP contribution in [-0.2, 0) is 9.47 Å². The van der Waals surface area contributed by atoms with Gasteiger partial charge in [-0.05, 0) is 32.1 Å². The fraction of sp³-hybridized carbons (Fsp3) is 1.00. The van der Waals surface area contributed by atoms with E-state index in [1.807, 2.05) is 0 Å². The van der Waals surface area contributed by atoms with Crippen LogP contribution in [0.25, 0.3) is 0 Å². The summed E-state index contributed by atoms with van der Waals surface area (Å²) in [5.41, 5.74) is 0. The van der Waals surface area contributed by atoms with Crippen LogP contribution in [0, 0.1) is 0 Å². The molecule has 0 saturated carbocycles. The van der Waals surface area contributed by atoms with Crippen molar-refractivity contribution in [3.8, 4) is 0 Å². The second-order valence-corrected chi connectivity index (χ2v) is 7.81. The number of hydrogen-bond donors (Lipinski definition) is 5. The van der Waals surface area contributed by atoms with E-state index in [1.165, 1.54) is 0 Å². The van der Waals surface area contributed by atoms with Crippen molar-refractivity contribution in [2.75, 3.05) is 13.2 Å². The van der Waals surface area contributed by atoms with Gasteiger partial charge >= 0.3 is 0 Å². The fourth-order valence-corrected chi connectivity index (χ4v) is 4.49. The molecule has 25 heavy (non-hydrogen) atoms. The summed E-state index contributed by atoms with van der Waals surface area (Å²) in [6, 6.07) is -1.17. The fourth-order valence-electron chi connectivity index (χ4n) is 4.49. The van der Waals surface area contributed by atoms with Crippen molar-refractivity contribution in [2.45, 2.75) is 100 Å². The Balaban J connectivity index is 1.35. The van der Waals surface area contributed by atoms with Crippen LogP contribution in [0.2, 0.25) is 0 Å². The van der Waals surface area contributed by atoms with Crippen molar-refractivity contribution in [3.63, 3.8) is 0 Å². The Kier molecular flexibility index (Phi) is 6.71. The summed E-state index contributed by atoms with van der Waals surface area (Å²) < 4.78 is 12.0. The van der Waals surface area contributed by atoms with E-state index in [1.54, 1.807) is 0 Å². The van der Waals surface area contributed by atoms with E-state index in [0.717, 1.165) is 58.0 Å². The summed E-state index contributed by atoms with van der Waals surface area (Å²) in [7, 11) is 0. The molecular formula is C18H33NO6. The zero-order chi connectivity index (χ0) is 17.9. The lowest BCUT2D eigenvalue weighted by molar-refractivity contribution is -0.258. The first-order valence-corrected chi connectivity index (χ1v) is 9.77. The number of hydrogen-bond acceptors (Lipinski definition) is 7. The van der Waals surface area contributed by atoms with Crippen LogP contribution in [0.15, 0.2) is 0 Å². The highest BCUT2D eigenvalue weighted by Gasteiger charge is 2.44. The van der Waals surface area contributed by atoms with Gasteiger partial charge in [-0.1, -0.05) is 12.8 Å². The summed E-state index contributed by atoms with van der Waals surface area (Å²) in [4.78, 5) is 0. The summed E-state index contributed by atoms with van der Waals surface area (Å²) in [6.07, 6.45) is 6.00. The average Bonchev–Trinajstić information content (AvgIpc) is 3.17. The normalized spacial score (nSPS) is 43.0. The maximum atomic E-state index is 10.3.